The molecule has 7 heteroatoms. The molecule has 130 valence electrons. The van der Waals surface area contributed by atoms with Gasteiger partial charge >= 0.3 is 6.03 Å². The molecule has 1 atom stereocenters. The summed E-state index contributed by atoms with van der Waals surface area (Å²) in [6.45, 7) is 0.714. The van der Waals surface area contributed by atoms with Crippen LogP contribution in [0.2, 0.25) is 0 Å². The summed E-state index contributed by atoms with van der Waals surface area (Å²) < 4.78 is 5.08. The molecule has 1 aliphatic carbocycles. The second kappa shape index (κ2) is 8.30. The van der Waals surface area contributed by atoms with Crippen LogP contribution in [-0.4, -0.2) is 29.2 Å². The molecule has 1 aliphatic rings. The molecular weight excluding hydrogens is 326 g/mol. The minimum atomic E-state index is -0.826. The fraction of sp³-hybridized carbons (Fsp3) is 0.529. The van der Waals surface area contributed by atoms with Gasteiger partial charge in [-0.1, -0.05) is 0 Å². The van der Waals surface area contributed by atoms with Gasteiger partial charge in [-0.05, 0) is 44.2 Å². The second-order valence-corrected chi connectivity index (χ2v) is 7.12. The zero-order chi connectivity index (χ0) is 16.8. The molecule has 2 aromatic heterocycles. The van der Waals surface area contributed by atoms with Crippen molar-refractivity contribution in [1.82, 2.24) is 15.6 Å². The number of hydrogen-bond donors (Lipinski definition) is 3. The maximum atomic E-state index is 11.7. The summed E-state index contributed by atoms with van der Waals surface area (Å²) >= 11 is 1.82. The predicted molar refractivity (Wildman–Crippen MR) is 92.1 cm³/mol. The lowest BCUT2D eigenvalue weighted by molar-refractivity contribution is 0.148. The van der Waals surface area contributed by atoms with Gasteiger partial charge in [0.05, 0.1) is 23.5 Å². The molecule has 0 saturated carbocycles. The molecular formula is C17H23N3O3S. The molecule has 0 saturated heterocycles. The van der Waals surface area contributed by atoms with Crippen LogP contribution in [-0.2, 0) is 19.3 Å². The lowest BCUT2D eigenvalue weighted by Crippen LogP contribution is -2.38. The fourth-order valence-corrected chi connectivity index (χ4v) is 3.99. The molecule has 1 unspecified atom stereocenters. The van der Waals surface area contributed by atoms with Crippen molar-refractivity contribution in [3.8, 4) is 0 Å². The number of rotatable bonds is 7. The number of aromatic nitrogens is 1. The highest BCUT2D eigenvalue weighted by molar-refractivity contribution is 7.11. The monoisotopic (exact) mass is 349 g/mol. The van der Waals surface area contributed by atoms with Gasteiger partial charge < -0.3 is 20.2 Å². The van der Waals surface area contributed by atoms with Crippen molar-refractivity contribution < 1.29 is 14.3 Å². The SMILES string of the molecule is O=C(NCCCc1nc2c(s1)CCCC2)NCC(O)c1ccco1. The van der Waals surface area contributed by atoms with Crippen LogP contribution in [0.15, 0.2) is 22.8 Å². The van der Waals surface area contributed by atoms with E-state index in [1.165, 1.54) is 41.1 Å². The molecule has 0 spiro atoms. The number of furan rings is 1. The number of nitrogens with zero attached hydrogens (tertiary/aromatic N) is 1. The van der Waals surface area contributed by atoms with E-state index in [-0.39, 0.29) is 12.6 Å². The van der Waals surface area contributed by atoms with Crippen LogP contribution in [0.4, 0.5) is 4.79 Å². The zero-order valence-corrected chi connectivity index (χ0v) is 14.4. The van der Waals surface area contributed by atoms with E-state index in [1.54, 1.807) is 12.1 Å². The van der Waals surface area contributed by atoms with Gasteiger partial charge in [0.1, 0.15) is 11.9 Å². The zero-order valence-electron chi connectivity index (χ0n) is 13.6. The molecule has 0 aromatic carbocycles. The summed E-state index contributed by atoms with van der Waals surface area (Å²) in [6, 6.07) is 3.10. The normalized spacial score (nSPS) is 14.9. The van der Waals surface area contributed by atoms with Crippen molar-refractivity contribution in [3.05, 3.63) is 39.7 Å². The lowest BCUT2D eigenvalue weighted by Gasteiger charge is -2.10. The van der Waals surface area contributed by atoms with Crippen molar-refractivity contribution in [1.29, 1.82) is 0 Å². The van der Waals surface area contributed by atoms with Gasteiger partial charge in [0.15, 0.2) is 0 Å². The van der Waals surface area contributed by atoms with E-state index in [2.05, 4.69) is 10.6 Å². The van der Waals surface area contributed by atoms with Crippen molar-refractivity contribution in [2.45, 2.75) is 44.6 Å². The third-order valence-electron chi connectivity index (χ3n) is 4.07. The van der Waals surface area contributed by atoms with Crippen LogP contribution in [0.1, 0.15) is 46.7 Å². The Bertz CT molecular complexity index is 631. The van der Waals surface area contributed by atoms with Crippen LogP contribution in [0.3, 0.4) is 0 Å². The molecule has 0 bridgehead atoms. The van der Waals surface area contributed by atoms with E-state index in [4.69, 9.17) is 9.40 Å². The lowest BCUT2D eigenvalue weighted by atomic mass is 10.0. The first-order valence-electron chi connectivity index (χ1n) is 8.43. The van der Waals surface area contributed by atoms with Crippen LogP contribution in [0.25, 0.3) is 0 Å². The van der Waals surface area contributed by atoms with Gasteiger partial charge in [0.2, 0.25) is 0 Å². The summed E-state index contributed by atoms with van der Waals surface area (Å²) in [5, 5.41) is 16.4. The minimum absolute atomic E-state index is 0.124. The molecule has 2 heterocycles. The highest BCUT2D eigenvalue weighted by Crippen LogP contribution is 2.27. The average Bonchev–Trinajstić information content (AvgIpc) is 3.25. The van der Waals surface area contributed by atoms with Gasteiger partial charge in [-0.3, -0.25) is 0 Å². The van der Waals surface area contributed by atoms with Crippen molar-refractivity contribution in [2.75, 3.05) is 13.1 Å². The Hall–Kier alpha value is -1.86. The Morgan fingerprint density at radius 2 is 2.25 bits per heavy atom. The van der Waals surface area contributed by atoms with Gasteiger partial charge in [0, 0.05) is 17.8 Å². The summed E-state index contributed by atoms with van der Waals surface area (Å²) in [7, 11) is 0. The van der Waals surface area contributed by atoms with Crippen LogP contribution in [0.5, 0.6) is 0 Å². The average molecular weight is 349 g/mol. The number of fused-ring (bicyclic) bond motifs is 1. The Morgan fingerprint density at radius 3 is 3.04 bits per heavy atom. The smallest absolute Gasteiger partial charge is 0.314 e. The summed E-state index contributed by atoms with van der Waals surface area (Å²) in [5.74, 6) is 0.447. The summed E-state index contributed by atoms with van der Waals surface area (Å²) in [5.41, 5.74) is 1.29. The maximum Gasteiger partial charge on any atom is 0.314 e. The third-order valence-corrected chi connectivity index (χ3v) is 5.29. The van der Waals surface area contributed by atoms with E-state index in [1.807, 2.05) is 11.3 Å². The highest BCUT2D eigenvalue weighted by Gasteiger charge is 2.15. The number of aliphatic hydroxyl groups is 1. The Morgan fingerprint density at radius 1 is 1.38 bits per heavy atom. The summed E-state index contributed by atoms with van der Waals surface area (Å²) in [4.78, 5) is 17.9. The van der Waals surface area contributed by atoms with Gasteiger partial charge in [-0.25, -0.2) is 9.78 Å². The first-order chi connectivity index (χ1) is 11.7. The number of aryl methyl sites for hydroxylation is 3. The number of nitrogens with one attached hydrogen (secondary N) is 2. The Balaban J connectivity index is 1.31. The van der Waals surface area contributed by atoms with Crippen molar-refractivity contribution in [2.24, 2.45) is 0 Å². The van der Waals surface area contributed by atoms with Gasteiger partial charge in [0.25, 0.3) is 0 Å². The number of carbonyl (C=O) groups excluding carboxylic acids is 1. The molecule has 0 fully saturated rings. The molecule has 3 rings (SSSR count). The van der Waals surface area contributed by atoms with Crippen molar-refractivity contribution in [3.63, 3.8) is 0 Å². The number of thiazole rings is 1. The van der Waals surface area contributed by atoms with E-state index in [0.717, 1.165) is 19.3 Å². The molecule has 2 aromatic rings. The number of hydrogen-bond acceptors (Lipinski definition) is 5. The minimum Gasteiger partial charge on any atom is -0.467 e. The van der Waals surface area contributed by atoms with Crippen LogP contribution < -0.4 is 10.6 Å². The second-order valence-electron chi connectivity index (χ2n) is 5.96. The number of amides is 2. The largest absolute Gasteiger partial charge is 0.467 e. The van der Waals surface area contributed by atoms with E-state index < -0.39 is 6.10 Å². The first kappa shape index (κ1) is 17.0. The molecule has 2 amide bonds. The summed E-state index contributed by atoms with van der Waals surface area (Å²) in [6.07, 6.45) is 7.24. The number of carbonyl (C=O) groups is 1. The fourth-order valence-electron chi connectivity index (χ4n) is 2.79. The molecule has 0 aliphatic heterocycles. The molecule has 0 radical (unpaired) electrons. The Kier molecular flexibility index (Phi) is 5.87. The molecule has 24 heavy (non-hydrogen) atoms. The predicted octanol–water partition coefficient (Wildman–Crippen LogP) is 2.58. The standard InChI is InChI=1S/C17H23N3O3S/c21-13(14-6-4-10-23-14)11-19-17(22)18-9-3-8-16-20-12-5-1-2-7-15(12)24-16/h4,6,10,13,21H,1-3,5,7-9,11H2,(H2,18,19,22). The molecule has 6 nitrogen and oxygen atoms in total. The van der Waals surface area contributed by atoms with E-state index >= 15 is 0 Å². The van der Waals surface area contributed by atoms with Gasteiger partial charge in [-0.15, -0.1) is 11.3 Å². The third kappa shape index (κ3) is 4.58. The highest BCUT2D eigenvalue weighted by atomic mass is 32.1. The topological polar surface area (TPSA) is 87.4 Å². The molecule has 3 N–H and O–H groups in total. The van der Waals surface area contributed by atoms with E-state index in [0.29, 0.717) is 12.3 Å². The van der Waals surface area contributed by atoms with E-state index in [9.17, 15) is 9.90 Å². The quantitative estimate of drug-likeness (QED) is 0.671. The number of urea groups is 1. The maximum absolute atomic E-state index is 11.7. The van der Waals surface area contributed by atoms with Crippen LogP contribution >= 0.6 is 11.3 Å². The first-order valence-corrected chi connectivity index (χ1v) is 9.24. The Labute approximate surface area is 145 Å². The van der Waals surface area contributed by atoms with Gasteiger partial charge in [-0.2, -0.15) is 0 Å². The van der Waals surface area contributed by atoms with Crippen molar-refractivity contribution >= 4 is 17.4 Å². The number of aliphatic hydroxyl groups excluding tert-OH is 1. The van der Waals surface area contributed by atoms with Crippen LogP contribution in [0, 0.1) is 0 Å².